The van der Waals surface area contributed by atoms with Crippen LogP contribution < -0.4 is 4.74 Å². The van der Waals surface area contributed by atoms with Crippen LogP contribution in [0.4, 0.5) is 0 Å². The number of methoxy groups -OCH3 is 1. The fourth-order valence-electron chi connectivity index (χ4n) is 2.62. The van der Waals surface area contributed by atoms with Crippen molar-refractivity contribution in [1.29, 1.82) is 0 Å². The number of benzene rings is 2. The molecule has 0 N–H and O–H groups in total. The second-order valence-corrected chi connectivity index (χ2v) is 5.60. The number of rotatable bonds is 5. The quantitative estimate of drug-likeness (QED) is 0.620. The number of allylic oxidation sites excluding steroid dienone is 1. The highest BCUT2D eigenvalue weighted by Crippen LogP contribution is 2.24. The molecule has 2 aromatic carbocycles. The van der Waals surface area contributed by atoms with Gasteiger partial charge in [-0.25, -0.2) is 4.79 Å². The van der Waals surface area contributed by atoms with Crippen LogP contribution in [0, 0.1) is 0 Å². The Bertz CT molecular complexity index is 852. The lowest BCUT2D eigenvalue weighted by Gasteiger charge is -2.18. The SMILES string of the molecule is COC(=O)C(Cc1ccccc1)Oc1ccc2c(c1)C(=O)C(=O)C=C2. The molecule has 1 atom stereocenters. The lowest BCUT2D eigenvalue weighted by Crippen LogP contribution is -2.31. The van der Waals surface area contributed by atoms with E-state index in [1.165, 1.54) is 19.3 Å². The summed E-state index contributed by atoms with van der Waals surface area (Å²) in [6.45, 7) is 0. The van der Waals surface area contributed by atoms with Crippen LogP contribution in [0.3, 0.4) is 0 Å². The smallest absolute Gasteiger partial charge is 0.347 e. The molecule has 1 unspecified atom stereocenters. The highest BCUT2D eigenvalue weighted by atomic mass is 16.6. The Labute approximate surface area is 144 Å². The first-order valence-electron chi connectivity index (χ1n) is 7.77. The summed E-state index contributed by atoms with van der Waals surface area (Å²) in [5.74, 6) is -1.33. The first-order valence-corrected chi connectivity index (χ1v) is 7.77. The van der Waals surface area contributed by atoms with Gasteiger partial charge in [-0.3, -0.25) is 9.59 Å². The van der Waals surface area contributed by atoms with E-state index in [1.807, 2.05) is 30.3 Å². The minimum absolute atomic E-state index is 0.272. The molecule has 0 amide bonds. The molecule has 126 valence electrons. The molecule has 0 fully saturated rings. The van der Waals surface area contributed by atoms with Gasteiger partial charge in [0.2, 0.25) is 11.6 Å². The van der Waals surface area contributed by atoms with Gasteiger partial charge < -0.3 is 9.47 Å². The summed E-state index contributed by atoms with van der Waals surface area (Å²) in [4.78, 5) is 35.6. The van der Waals surface area contributed by atoms with Crippen molar-refractivity contribution in [1.82, 2.24) is 0 Å². The van der Waals surface area contributed by atoms with E-state index < -0.39 is 23.6 Å². The second kappa shape index (κ2) is 7.13. The fourth-order valence-corrected chi connectivity index (χ4v) is 2.62. The van der Waals surface area contributed by atoms with E-state index in [2.05, 4.69) is 0 Å². The van der Waals surface area contributed by atoms with E-state index in [0.717, 1.165) is 5.56 Å². The molecule has 5 heteroatoms. The molecule has 0 aliphatic heterocycles. The van der Waals surface area contributed by atoms with Crippen molar-refractivity contribution in [2.45, 2.75) is 12.5 Å². The number of hydrogen-bond acceptors (Lipinski definition) is 5. The molecule has 0 saturated heterocycles. The molecule has 0 saturated carbocycles. The predicted octanol–water partition coefficient (Wildman–Crippen LogP) is 2.63. The lowest BCUT2D eigenvalue weighted by atomic mass is 9.95. The number of carbonyl (C=O) groups is 3. The van der Waals surface area contributed by atoms with Crippen molar-refractivity contribution in [3.05, 3.63) is 71.3 Å². The van der Waals surface area contributed by atoms with Crippen LogP contribution in [-0.4, -0.2) is 30.7 Å². The molecule has 3 rings (SSSR count). The molecule has 0 aromatic heterocycles. The maximum atomic E-state index is 12.0. The molecule has 2 aromatic rings. The molecule has 0 spiro atoms. The summed E-state index contributed by atoms with van der Waals surface area (Å²) < 4.78 is 10.6. The molecule has 25 heavy (non-hydrogen) atoms. The Morgan fingerprint density at radius 3 is 2.52 bits per heavy atom. The first-order chi connectivity index (χ1) is 12.1. The van der Waals surface area contributed by atoms with E-state index in [-0.39, 0.29) is 5.56 Å². The van der Waals surface area contributed by atoms with E-state index in [4.69, 9.17) is 9.47 Å². The van der Waals surface area contributed by atoms with Gasteiger partial charge in [0, 0.05) is 12.0 Å². The van der Waals surface area contributed by atoms with Crippen LogP contribution >= 0.6 is 0 Å². The van der Waals surface area contributed by atoms with Gasteiger partial charge in [0.15, 0.2) is 6.10 Å². The molecule has 5 nitrogen and oxygen atoms in total. The Morgan fingerprint density at radius 1 is 1.04 bits per heavy atom. The highest BCUT2D eigenvalue weighted by Gasteiger charge is 2.25. The van der Waals surface area contributed by atoms with Gasteiger partial charge in [-0.1, -0.05) is 42.5 Å². The van der Waals surface area contributed by atoms with Crippen LogP contribution in [0.25, 0.3) is 6.08 Å². The predicted molar refractivity (Wildman–Crippen MR) is 91.4 cm³/mol. The topological polar surface area (TPSA) is 69.7 Å². The molecule has 0 bridgehead atoms. The van der Waals surface area contributed by atoms with Crippen molar-refractivity contribution in [2.24, 2.45) is 0 Å². The number of fused-ring (bicyclic) bond motifs is 1. The van der Waals surface area contributed by atoms with Gasteiger partial charge >= 0.3 is 5.97 Å². The summed E-state index contributed by atoms with van der Waals surface area (Å²) in [5.41, 5.74) is 1.84. The van der Waals surface area contributed by atoms with Crippen LogP contribution in [0.2, 0.25) is 0 Å². The van der Waals surface area contributed by atoms with Gasteiger partial charge in [0.05, 0.1) is 7.11 Å². The number of ether oxygens (including phenoxy) is 2. The van der Waals surface area contributed by atoms with Crippen LogP contribution in [0.15, 0.2) is 54.6 Å². The second-order valence-electron chi connectivity index (χ2n) is 5.60. The molecule has 1 aliphatic carbocycles. The number of carbonyl (C=O) groups excluding carboxylic acids is 3. The molecule has 0 radical (unpaired) electrons. The number of hydrogen-bond donors (Lipinski definition) is 0. The van der Waals surface area contributed by atoms with Gasteiger partial charge in [-0.15, -0.1) is 0 Å². The zero-order valence-electron chi connectivity index (χ0n) is 13.6. The monoisotopic (exact) mass is 336 g/mol. The van der Waals surface area contributed by atoms with E-state index in [9.17, 15) is 14.4 Å². The van der Waals surface area contributed by atoms with Gasteiger partial charge in [0.25, 0.3) is 0 Å². The van der Waals surface area contributed by atoms with Crippen molar-refractivity contribution in [3.63, 3.8) is 0 Å². The summed E-state index contributed by atoms with van der Waals surface area (Å²) in [7, 11) is 1.30. The normalized spacial score (nSPS) is 14.0. The lowest BCUT2D eigenvalue weighted by molar-refractivity contribution is -0.148. The maximum Gasteiger partial charge on any atom is 0.347 e. The Hall–Kier alpha value is -3.21. The average Bonchev–Trinajstić information content (AvgIpc) is 2.65. The zero-order valence-corrected chi connectivity index (χ0v) is 13.6. The van der Waals surface area contributed by atoms with Crippen LogP contribution in [0.5, 0.6) is 5.75 Å². The van der Waals surface area contributed by atoms with Crippen molar-refractivity contribution >= 4 is 23.6 Å². The highest BCUT2D eigenvalue weighted by molar-refractivity contribution is 6.50. The van der Waals surface area contributed by atoms with Crippen LogP contribution in [0.1, 0.15) is 21.5 Å². The summed E-state index contributed by atoms with van der Waals surface area (Å²) in [5, 5.41) is 0. The number of ketones is 2. The third kappa shape index (κ3) is 3.66. The number of Topliss-reactive ketones (excluding diaryl/α,β-unsaturated/α-hetero) is 1. The largest absolute Gasteiger partial charge is 0.478 e. The van der Waals surface area contributed by atoms with Crippen molar-refractivity contribution in [2.75, 3.05) is 7.11 Å². The van der Waals surface area contributed by atoms with E-state index in [0.29, 0.717) is 17.7 Å². The molecular formula is C20H16O5. The summed E-state index contributed by atoms with van der Waals surface area (Å²) in [6, 6.07) is 14.2. The maximum absolute atomic E-state index is 12.0. The van der Waals surface area contributed by atoms with Gasteiger partial charge in [-0.2, -0.15) is 0 Å². The Balaban J connectivity index is 1.85. The Morgan fingerprint density at radius 2 is 1.80 bits per heavy atom. The average molecular weight is 336 g/mol. The summed E-state index contributed by atoms with van der Waals surface area (Å²) >= 11 is 0. The first kappa shape index (κ1) is 16.6. The van der Waals surface area contributed by atoms with Gasteiger partial charge in [0.1, 0.15) is 5.75 Å². The molecule has 0 heterocycles. The van der Waals surface area contributed by atoms with Crippen molar-refractivity contribution in [3.8, 4) is 5.75 Å². The fraction of sp³-hybridized carbons (Fsp3) is 0.150. The third-order valence-electron chi connectivity index (χ3n) is 3.91. The minimum atomic E-state index is -0.851. The molecular weight excluding hydrogens is 320 g/mol. The third-order valence-corrected chi connectivity index (χ3v) is 3.91. The van der Waals surface area contributed by atoms with Crippen molar-refractivity contribution < 1.29 is 23.9 Å². The van der Waals surface area contributed by atoms with E-state index in [1.54, 1.807) is 18.2 Å². The standard InChI is InChI=1S/C20H16O5/c1-24-20(23)18(11-13-5-3-2-4-6-13)25-15-9-7-14-8-10-17(21)19(22)16(14)12-15/h2-10,12,18H,11H2,1H3. The zero-order chi connectivity index (χ0) is 17.8. The minimum Gasteiger partial charge on any atom is -0.478 e. The summed E-state index contributed by atoms with van der Waals surface area (Å²) in [6.07, 6.45) is 2.32. The van der Waals surface area contributed by atoms with Gasteiger partial charge in [-0.05, 0) is 29.3 Å². The number of esters is 1. The Kier molecular flexibility index (Phi) is 4.75. The molecule has 1 aliphatic rings. The van der Waals surface area contributed by atoms with Crippen LogP contribution in [-0.2, 0) is 20.7 Å². The van der Waals surface area contributed by atoms with E-state index >= 15 is 0 Å².